The molecular formula is C30H33ClN4O4. The first-order valence-electron chi connectivity index (χ1n) is 14.6. The van der Waals surface area contributed by atoms with E-state index >= 15 is 0 Å². The van der Waals surface area contributed by atoms with Crippen molar-refractivity contribution in [1.82, 2.24) is 14.7 Å². The molecular weight excluding hydrogens is 516 g/mol. The highest BCUT2D eigenvalue weighted by Crippen LogP contribution is 2.41. The van der Waals surface area contributed by atoms with Crippen LogP contribution in [0.3, 0.4) is 0 Å². The summed E-state index contributed by atoms with van der Waals surface area (Å²) >= 11 is 6.34. The molecule has 2 aliphatic rings. The van der Waals surface area contributed by atoms with Crippen molar-refractivity contribution in [2.24, 2.45) is 0 Å². The van der Waals surface area contributed by atoms with Gasteiger partial charge in [0.2, 0.25) is 0 Å². The molecule has 1 atom stereocenters. The van der Waals surface area contributed by atoms with Crippen molar-refractivity contribution in [2.75, 3.05) is 25.8 Å². The topological polar surface area (TPSA) is 74.8 Å². The maximum Gasteiger partial charge on any atom is 0.161 e. The van der Waals surface area contributed by atoms with Gasteiger partial charge < -0.3 is 28.2 Å². The molecule has 39 heavy (non-hydrogen) atoms. The SMILES string of the molecule is [2H]C([2H])([2H])OC1CCC(n2c([C@@H]3C=COCN3c3ccc(Cl)c(OC)c3)nc3cc(-c4c(C)noc4C)ccc32)CC1. The van der Waals surface area contributed by atoms with Crippen LogP contribution < -0.4 is 9.64 Å². The molecule has 0 N–H and O–H groups in total. The van der Waals surface area contributed by atoms with E-state index in [0.717, 1.165) is 58.0 Å². The van der Waals surface area contributed by atoms with Crippen molar-refractivity contribution in [3.8, 4) is 16.9 Å². The first-order valence-corrected chi connectivity index (χ1v) is 13.5. The van der Waals surface area contributed by atoms with Crippen LogP contribution in [0.1, 0.15) is 59.2 Å². The van der Waals surface area contributed by atoms with Crippen molar-refractivity contribution < 1.29 is 22.8 Å². The van der Waals surface area contributed by atoms with Gasteiger partial charge in [-0.1, -0.05) is 22.8 Å². The number of fused-ring (bicyclic) bond motifs is 1. The quantitative estimate of drug-likeness (QED) is 0.252. The fourth-order valence-corrected chi connectivity index (χ4v) is 6.10. The van der Waals surface area contributed by atoms with Crippen LogP contribution >= 0.6 is 11.6 Å². The van der Waals surface area contributed by atoms with Crippen LogP contribution in [-0.4, -0.2) is 41.7 Å². The van der Waals surface area contributed by atoms with E-state index in [0.29, 0.717) is 30.3 Å². The molecule has 1 fully saturated rings. The number of methoxy groups -OCH3 is 2. The van der Waals surface area contributed by atoms with Gasteiger partial charge in [-0.3, -0.25) is 0 Å². The Labute approximate surface area is 237 Å². The van der Waals surface area contributed by atoms with Crippen molar-refractivity contribution >= 4 is 28.3 Å². The molecule has 204 valence electrons. The van der Waals surface area contributed by atoms with E-state index in [1.807, 2.05) is 38.1 Å². The minimum absolute atomic E-state index is 0.115. The van der Waals surface area contributed by atoms with E-state index in [9.17, 15) is 0 Å². The molecule has 0 radical (unpaired) electrons. The predicted molar refractivity (Wildman–Crippen MR) is 151 cm³/mol. The molecule has 0 unspecified atom stereocenters. The lowest BCUT2D eigenvalue weighted by atomic mass is 9.92. The molecule has 0 spiro atoms. The molecule has 6 rings (SSSR count). The number of anilines is 1. The van der Waals surface area contributed by atoms with Crippen molar-refractivity contribution in [3.63, 3.8) is 0 Å². The third-order valence-corrected chi connectivity index (χ3v) is 8.16. The number of hydrogen-bond acceptors (Lipinski definition) is 7. The lowest BCUT2D eigenvalue weighted by Crippen LogP contribution is -2.34. The maximum atomic E-state index is 7.53. The summed E-state index contributed by atoms with van der Waals surface area (Å²) in [5.41, 5.74) is 5.54. The monoisotopic (exact) mass is 551 g/mol. The number of halogens is 1. The number of benzene rings is 2. The molecule has 4 aromatic rings. The number of aromatic nitrogens is 3. The third kappa shape index (κ3) is 4.66. The van der Waals surface area contributed by atoms with E-state index in [1.54, 1.807) is 13.4 Å². The molecule has 0 bridgehead atoms. The second-order valence-electron chi connectivity index (χ2n) is 10.1. The molecule has 1 saturated carbocycles. The standard InChI is InChI=1S/C30H33ClN4O4/c1-18-29(19(2)39-33-18)20-5-12-26-25(15-20)32-30(35(26)21-6-9-23(36-3)10-7-21)27-13-14-38-17-34(27)22-8-11-24(31)28(16-22)37-4/h5,8,11-16,21,23,27H,6-7,9-10,17H2,1-4H3/t21?,23?,27-/m0/s1/i3D3. The molecule has 3 heterocycles. The summed E-state index contributed by atoms with van der Waals surface area (Å²) in [4.78, 5) is 7.36. The molecule has 1 aliphatic heterocycles. The van der Waals surface area contributed by atoms with Gasteiger partial charge in [-0.05, 0) is 75.4 Å². The fourth-order valence-electron chi connectivity index (χ4n) is 5.91. The van der Waals surface area contributed by atoms with Gasteiger partial charge >= 0.3 is 0 Å². The molecule has 2 aromatic heterocycles. The molecule has 9 heteroatoms. The van der Waals surface area contributed by atoms with Gasteiger partial charge in [-0.2, -0.15) is 0 Å². The average molecular weight is 552 g/mol. The summed E-state index contributed by atoms with van der Waals surface area (Å²) in [6, 6.07) is 11.8. The predicted octanol–water partition coefficient (Wildman–Crippen LogP) is 7.15. The normalized spacial score (nSPS) is 22.8. The molecule has 0 saturated heterocycles. The van der Waals surface area contributed by atoms with Gasteiger partial charge in [0.05, 0.1) is 45.3 Å². The first kappa shape index (κ1) is 22.3. The highest BCUT2D eigenvalue weighted by atomic mass is 35.5. The lowest BCUT2D eigenvalue weighted by molar-refractivity contribution is 0.0584. The summed E-state index contributed by atoms with van der Waals surface area (Å²) in [5, 5.41) is 4.67. The Morgan fingerprint density at radius 2 is 1.95 bits per heavy atom. The Hall–Kier alpha value is -3.49. The second-order valence-corrected chi connectivity index (χ2v) is 10.6. The van der Waals surface area contributed by atoms with Crippen LogP contribution in [0.5, 0.6) is 5.75 Å². The van der Waals surface area contributed by atoms with E-state index in [2.05, 4.69) is 32.8 Å². The number of ether oxygens (including phenoxy) is 3. The summed E-state index contributed by atoms with van der Waals surface area (Å²) in [5.74, 6) is 2.21. The summed E-state index contributed by atoms with van der Waals surface area (Å²) in [6.07, 6.45) is 6.27. The number of nitrogens with zero attached hydrogens (tertiary/aromatic N) is 4. The van der Waals surface area contributed by atoms with Gasteiger partial charge in [0, 0.05) is 30.4 Å². The van der Waals surface area contributed by atoms with Crippen molar-refractivity contribution in [2.45, 2.75) is 57.7 Å². The van der Waals surface area contributed by atoms with Crippen LogP contribution in [0.2, 0.25) is 5.02 Å². The zero-order valence-corrected chi connectivity index (χ0v) is 22.9. The van der Waals surface area contributed by atoms with Crippen LogP contribution in [0.4, 0.5) is 5.69 Å². The Bertz CT molecular complexity index is 1610. The van der Waals surface area contributed by atoms with Crippen LogP contribution in [0, 0.1) is 13.8 Å². The van der Waals surface area contributed by atoms with Gasteiger partial charge in [-0.15, -0.1) is 0 Å². The molecule has 8 nitrogen and oxygen atoms in total. The number of rotatable bonds is 6. The Morgan fingerprint density at radius 1 is 1.10 bits per heavy atom. The highest BCUT2D eigenvalue weighted by Gasteiger charge is 2.32. The Morgan fingerprint density at radius 3 is 2.69 bits per heavy atom. The minimum atomic E-state index is -2.40. The van der Waals surface area contributed by atoms with E-state index in [4.69, 9.17) is 39.4 Å². The minimum Gasteiger partial charge on any atom is -0.495 e. The smallest absolute Gasteiger partial charge is 0.161 e. The van der Waals surface area contributed by atoms with Crippen LogP contribution in [0.25, 0.3) is 22.2 Å². The number of imidazole rings is 1. The zero-order valence-electron chi connectivity index (χ0n) is 25.2. The fraction of sp³-hybridized carbons (Fsp3) is 0.400. The van der Waals surface area contributed by atoms with Crippen LogP contribution in [-0.2, 0) is 9.47 Å². The first-order chi connectivity index (χ1) is 20.1. The Kier molecular flexibility index (Phi) is 6.06. The highest BCUT2D eigenvalue weighted by molar-refractivity contribution is 6.32. The van der Waals surface area contributed by atoms with E-state index < -0.39 is 7.04 Å². The number of hydrogen-bond donors (Lipinski definition) is 0. The largest absolute Gasteiger partial charge is 0.495 e. The van der Waals surface area contributed by atoms with E-state index in [-0.39, 0.29) is 18.2 Å². The van der Waals surface area contributed by atoms with Crippen molar-refractivity contribution in [3.05, 3.63) is 71.0 Å². The summed E-state index contributed by atoms with van der Waals surface area (Å²) in [6.45, 7) is 4.16. The lowest BCUT2D eigenvalue weighted by Gasteiger charge is -2.36. The third-order valence-electron chi connectivity index (χ3n) is 7.85. The van der Waals surface area contributed by atoms with E-state index in [1.165, 1.54) is 0 Å². The molecule has 2 aromatic carbocycles. The second kappa shape index (κ2) is 10.6. The number of aryl methyl sites for hydroxylation is 2. The molecule has 1 aliphatic carbocycles. The van der Waals surface area contributed by atoms with Crippen molar-refractivity contribution in [1.29, 1.82) is 0 Å². The zero-order chi connectivity index (χ0) is 29.6. The Balaban J connectivity index is 1.44. The summed E-state index contributed by atoms with van der Waals surface area (Å²) in [7, 11) is -0.802. The van der Waals surface area contributed by atoms with Gasteiger partial charge in [0.15, 0.2) is 6.73 Å². The maximum absolute atomic E-state index is 7.53. The molecule has 0 amide bonds. The average Bonchev–Trinajstić information content (AvgIpc) is 3.51. The van der Waals surface area contributed by atoms with Crippen LogP contribution in [0.15, 0.2) is 53.3 Å². The van der Waals surface area contributed by atoms with Gasteiger partial charge in [-0.25, -0.2) is 4.98 Å². The van der Waals surface area contributed by atoms with Gasteiger partial charge in [0.25, 0.3) is 0 Å². The van der Waals surface area contributed by atoms with Gasteiger partial charge in [0.1, 0.15) is 23.4 Å². The summed E-state index contributed by atoms with van der Waals surface area (Å²) < 4.78 is 47.0.